The van der Waals surface area contributed by atoms with Crippen LogP contribution in [0.1, 0.15) is 24.2 Å². The second-order valence-electron chi connectivity index (χ2n) is 5.41. The summed E-state index contributed by atoms with van der Waals surface area (Å²) in [4.78, 5) is 34.6. The Kier molecular flexibility index (Phi) is 6.26. The van der Waals surface area contributed by atoms with Crippen molar-refractivity contribution in [3.05, 3.63) is 64.2 Å². The number of hydrogen-bond donors (Lipinski definition) is 2. The van der Waals surface area contributed by atoms with Crippen molar-refractivity contribution in [2.75, 3.05) is 11.9 Å². The van der Waals surface area contributed by atoms with E-state index in [0.717, 1.165) is 0 Å². The Labute approximate surface area is 150 Å². The lowest BCUT2D eigenvalue weighted by Crippen LogP contribution is -2.30. The van der Waals surface area contributed by atoms with E-state index >= 15 is 0 Å². The highest BCUT2D eigenvalue weighted by Gasteiger charge is 2.21. The van der Waals surface area contributed by atoms with Gasteiger partial charge in [0.15, 0.2) is 11.9 Å². The van der Waals surface area contributed by atoms with Crippen LogP contribution >= 0.6 is 0 Å². The fourth-order valence-corrected chi connectivity index (χ4v) is 2.20. The number of benzene rings is 2. The number of nitro groups is 1. The van der Waals surface area contributed by atoms with Crippen molar-refractivity contribution in [1.29, 1.82) is 0 Å². The Morgan fingerprint density at radius 3 is 2.62 bits per heavy atom. The molecular formula is C18H19N3O5. The predicted molar refractivity (Wildman–Crippen MR) is 96.3 cm³/mol. The summed E-state index contributed by atoms with van der Waals surface area (Å²) < 4.78 is 5.42. The molecule has 1 unspecified atom stereocenters. The van der Waals surface area contributed by atoms with E-state index in [9.17, 15) is 19.7 Å². The number of hydrogen-bond acceptors (Lipinski definition) is 5. The van der Waals surface area contributed by atoms with Crippen molar-refractivity contribution >= 4 is 23.2 Å². The third-order valence-corrected chi connectivity index (χ3v) is 3.46. The Bertz CT molecular complexity index is 822. The fraction of sp³-hybridized carbons (Fsp3) is 0.222. The molecule has 2 aromatic rings. The number of anilines is 1. The molecule has 26 heavy (non-hydrogen) atoms. The average molecular weight is 357 g/mol. The topological polar surface area (TPSA) is 111 Å². The number of rotatable bonds is 7. The maximum Gasteiger partial charge on any atom is 0.310 e. The first-order chi connectivity index (χ1) is 12.4. The van der Waals surface area contributed by atoms with Gasteiger partial charge in [0, 0.05) is 23.9 Å². The Hall–Kier alpha value is -3.42. The number of carbonyl (C=O) groups is 2. The van der Waals surface area contributed by atoms with Crippen LogP contribution in [0.25, 0.3) is 0 Å². The number of para-hydroxylation sites is 2. The molecule has 2 N–H and O–H groups in total. The molecule has 0 radical (unpaired) electrons. The Morgan fingerprint density at radius 2 is 1.92 bits per heavy atom. The van der Waals surface area contributed by atoms with Crippen LogP contribution in [-0.2, 0) is 4.79 Å². The Morgan fingerprint density at radius 1 is 1.19 bits per heavy atom. The van der Waals surface area contributed by atoms with E-state index in [2.05, 4.69) is 10.6 Å². The van der Waals surface area contributed by atoms with Gasteiger partial charge in [0.25, 0.3) is 11.8 Å². The summed E-state index contributed by atoms with van der Waals surface area (Å²) in [7, 11) is 0. The van der Waals surface area contributed by atoms with E-state index in [-0.39, 0.29) is 17.3 Å². The van der Waals surface area contributed by atoms with Crippen LogP contribution < -0.4 is 15.4 Å². The quantitative estimate of drug-likeness (QED) is 0.585. The molecule has 2 aromatic carbocycles. The van der Waals surface area contributed by atoms with Gasteiger partial charge in [0.2, 0.25) is 0 Å². The van der Waals surface area contributed by atoms with Gasteiger partial charge in [0.1, 0.15) is 0 Å². The molecule has 0 aliphatic rings. The number of amides is 2. The number of nitro benzene ring substituents is 1. The van der Waals surface area contributed by atoms with E-state index in [1.807, 2.05) is 6.92 Å². The minimum Gasteiger partial charge on any atom is -0.474 e. The number of ether oxygens (including phenoxy) is 1. The maximum absolute atomic E-state index is 12.3. The normalized spacial score (nSPS) is 11.3. The highest BCUT2D eigenvalue weighted by Crippen LogP contribution is 2.27. The fourth-order valence-electron chi connectivity index (χ4n) is 2.20. The van der Waals surface area contributed by atoms with Gasteiger partial charge in [-0.15, -0.1) is 0 Å². The van der Waals surface area contributed by atoms with Crippen LogP contribution in [0.2, 0.25) is 0 Å². The summed E-state index contributed by atoms with van der Waals surface area (Å²) in [5.74, 6) is -0.722. The average Bonchev–Trinajstić information content (AvgIpc) is 2.62. The minimum absolute atomic E-state index is 0.0104. The van der Waals surface area contributed by atoms with Crippen molar-refractivity contribution in [2.45, 2.75) is 20.0 Å². The van der Waals surface area contributed by atoms with Crippen LogP contribution in [0.4, 0.5) is 11.4 Å². The SMILES string of the molecule is CCNC(=O)c1cccc(NC(=O)C(C)Oc2ccccc2[N+](=O)[O-])c1. The molecule has 136 valence electrons. The van der Waals surface area contributed by atoms with Gasteiger partial charge >= 0.3 is 5.69 Å². The van der Waals surface area contributed by atoms with Crippen LogP contribution in [0.3, 0.4) is 0 Å². The molecule has 0 aliphatic heterocycles. The zero-order valence-electron chi connectivity index (χ0n) is 14.4. The highest BCUT2D eigenvalue weighted by atomic mass is 16.6. The molecule has 8 nitrogen and oxygen atoms in total. The summed E-state index contributed by atoms with van der Waals surface area (Å²) in [6.45, 7) is 3.79. The summed E-state index contributed by atoms with van der Waals surface area (Å²) >= 11 is 0. The molecule has 0 heterocycles. The monoisotopic (exact) mass is 357 g/mol. The molecular weight excluding hydrogens is 338 g/mol. The Balaban J connectivity index is 2.07. The van der Waals surface area contributed by atoms with E-state index in [1.165, 1.54) is 25.1 Å². The molecule has 0 spiro atoms. The van der Waals surface area contributed by atoms with E-state index in [1.54, 1.807) is 30.3 Å². The standard InChI is InChI=1S/C18H19N3O5/c1-3-19-18(23)13-7-6-8-14(11-13)20-17(22)12(2)26-16-10-5-4-9-15(16)21(24)25/h4-12H,3H2,1-2H3,(H,19,23)(H,20,22). The highest BCUT2D eigenvalue weighted by molar-refractivity contribution is 5.98. The molecule has 0 saturated carbocycles. The van der Waals surface area contributed by atoms with Gasteiger partial charge in [-0.1, -0.05) is 18.2 Å². The molecule has 2 amide bonds. The summed E-state index contributed by atoms with van der Waals surface area (Å²) in [6, 6.07) is 12.3. The first-order valence-corrected chi connectivity index (χ1v) is 8.01. The van der Waals surface area contributed by atoms with E-state index < -0.39 is 16.9 Å². The maximum atomic E-state index is 12.3. The lowest BCUT2D eigenvalue weighted by molar-refractivity contribution is -0.386. The van der Waals surface area contributed by atoms with Gasteiger partial charge in [-0.2, -0.15) is 0 Å². The molecule has 8 heteroatoms. The molecule has 0 bridgehead atoms. The molecule has 1 atom stereocenters. The van der Waals surface area contributed by atoms with Gasteiger partial charge in [0.05, 0.1) is 4.92 Å². The summed E-state index contributed by atoms with van der Waals surface area (Å²) in [5.41, 5.74) is 0.624. The van der Waals surface area contributed by atoms with Gasteiger partial charge < -0.3 is 15.4 Å². The minimum atomic E-state index is -0.968. The second kappa shape index (κ2) is 8.61. The number of nitrogens with one attached hydrogen (secondary N) is 2. The molecule has 0 aromatic heterocycles. The van der Waals surface area contributed by atoms with Crippen molar-refractivity contribution in [3.8, 4) is 5.75 Å². The van der Waals surface area contributed by atoms with E-state index in [0.29, 0.717) is 17.8 Å². The third kappa shape index (κ3) is 4.79. The van der Waals surface area contributed by atoms with E-state index in [4.69, 9.17) is 4.74 Å². The lowest BCUT2D eigenvalue weighted by atomic mass is 10.2. The number of carbonyl (C=O) groups excluding carboxylic acids is 2. The predicted octanol–water partition coefficient (Wildman–Crippen LogP) is 2.75. The number of nitrogens with zero attached hydrogens (tertiary/aromatic N) is 1. The van der Waals surface area contributed by atoms with Crippen LogP contribution in [0.15, 0.2) is 48.5 Å². The summed E-state index contributed by atoms with van der Waals surface area (Å²) in [5, 5.41) is 16.3. The molecule has 0 fully saturated rings. The molecule has 2 rings (SSSR count). The molecule has 0 saturated heterocycles. The zero-order valence-corrected chi connectivity index (χ0v) is 14.4. The smallest absolute Gasteiger partial charge is 0.310 e. The zero-order chi connectivity index (χ0) is 19.1. The first-order valence-electron chi connectivity index (χ1n) is 8.01. The van der Waals surface area contributed by atoms with Gasteiger partial charge in [-0.25, -0.2) is 0 Å². The van der Waals surface area contributed by atoms with Crippen LogP contribution in [0.5, 0.6) is 5.75 Å². The largest absolute Gasteiger partial charge is 0.474 e. The van der Waals surface area contributed by atoms with Crippen molar-refractivity contribution in [2.24, 2.45) is 0 Å². The van der Waals surface area contributed by atoms with Gasteiger partial charge in [-0.3, -0.25) is 19.7 Å². The summed E-state index contributed by atoms with van der Waals surface area (Å²) in [6.07, 6.45) is -0.968. The third-order valence-electron chi connectivity index (χ3n) is 3.46. The lowest BCUT2D eigenvalue weighted by Gasteiger charge is -2.15. The molecule has 0 aliphatic carbocycles. The first kappa shape index (κ1) is 18.9. The van der Waals surface area contributed by atoms with Crippen LogP contribution in [0, 0.1) is 10.1 Å². The van der Waals surface area contributed by atoms with Crippen molar-refractivity contribution in [1.82, 2.24) is 5.32 Å². The van der Waals surface area contributed by atoms with Crippen molar-refractivity contribution in [3.63, 3.8) is 0 Å². The van der Waals surface area contributed by atoms with Crippen molar-refractivity contribution < 1.29 is 19.2 Å². The second-order valence-corrected chi connectivity index (χ2v) is 5.41. The van der Waals surface area contributed by atoms with Crippen LogP contribution in [-0.4, -0.2) is 29.4 Å². The van der Waals surface area contributed by atoms with Gasteiger partial charge in [-0.05, 0) is 38.1 Å².